The fourth-order valence-electron chi connectivity index (χ4n) is 1.26. The molecule has 3 nitrogen and oxygen atoms in total. The minimum absolute atomic E-state index is 0.763. The van der Waals surface area contributed by atoms with Gasteiger partial charge in [0.15, 0.2) is 0 Å². The van der Waals surface area contributed by atoms with Crippen molar-refractivity contribution in [2.24, 2.45) is 15.2 Å². The molecular formula is C13H9N3S. The molecule has 2 rings (SSSR count). The molecule has 0 amide bonds. The van der Waals surface area contributed by atoms with Crippen LogP contribution in [0.15, 0.2) is 69.8 Å². The maximum Gasteiger partial charge on any atom is 0.0858 e. The van der Waals surface area contributed by atoms with Crippen LogP contribution in [0.2, 0.25) is 0 Å². The van der Waals surface area contributed by atoms with Gasteiger partial charge in [0.2, 0.25) is 0 Å². The number of nitrogens with zero attached hydrogens (tertiary/aromatic N) is 3. The molecule has 82 valence electrons. The van der Waals surface area contributed by atoms with Gasteiger partial charge in [-0.15, -0.1) is 0 Å². The van der Waals surface area contributed by atoms with Crippen molar-refractivity contribution in [3.05, 3.63) is 54.6 Å². The molecule has 0 saturated heterocycles. The number of thiocarbonyl (C=S) groups is 1. The standard InChI is InChI=1S/C13H9N3S/c17-10-14-11-6-8-13(9-7-11)16-15-12-4-2-1-3-5-12/h1-9H/b16-15+. The Morgan fingerprint density at radius 2 is 1.24 bits per heavy atom. The highest BCUT2D eigenvalue weighted by atomic mass is 32.1. The third kappa shape index (κ3) is 3.41. The van der Waals surface area contributed by atoms with Crippen LogP contribution in [-0.4, -0.2) is 5.16 Å². The van der Waals surface area contributed by atoms with E-state index in [0.717, 1.165) is 17.1 Å². The van der Waals surface area contributed by atoms with Crippen molar-refractivity contribution in [3.63, 3.8) is 0 Å². The summed E-state index contributed by atoms with van der Waals surface area (Å²) in [5, 5.41) is 10.5. The third-order valence-electron chi connectivity index (χ3n) is 2.06. The monoisotopic (exact) mass is 239 g/mol. The summed E-state index contributed by atoms with van der Waals surface area (Å²) in [5.74, 6) is 0. The molecule has 4 heteroatoms. The van der Waals surface area contributed by atoms with Crippen molar-refractivity contribution in [2.75, 3.05) is 0 Å². The van der Waals surface area contributed by atoms with Crippen LogP contribution in [0.4, 0.5) is 17.1 Å². The lowest BCUT2D eigenvalue weighted by molar-refractivity contribution is 1.23. The number of azo groups is 1. The molecule has 0 aliphatic carbocycles. The highest BCUT2D eigenvalue weighted by Gasteiger charge is 1.91. The quantitative estimate of drug-likeness (QED) is 0.429. The highest BCUT2D eigenvalue weighted by molar-refractivity contribution is 7.78. The summed E-state index contributed by atoms with van der Waals surface area (Å²) < 4.78 is 0. The molecule has 0 aliphatic rings. The van der Waals surface area contributed by atoms with Crippen molar-refractivity contribution in [2.45, 2.75) is 0 Å². The number of hydrogen-bond donors (Lipinski definition) is 0. The normalized spacial score (nSPS) is 10.1. The Labute approximate surface area is 105 Å². The second-order valence-electron chi connectivity index (χ2n) is 3.26. The van der Waals surface area contributed by atoms with Gasteiger partial charge in [-0.3, -0.25) is 0 Å². The van der Waals surface area contributed by atoms with Crippen molar-refractivity contribution in [3.8, 4) is 0 Å². The molecule has 0 atom stereocenters. The first kappa shape index (κ1) is 11.3. The fourth-order valence-corrected chi connectivity index (χ4v) is 1.36. The van der Waals surface area contributed by atoms with E-state index in [1.807, 2.05) is 54.6 Å². The summed E-state index contributed by atoms with van der Waals surface area (Å²) in [6.07, 6.45) is 0. The lowest BCUT2D eigenvalue weighted by atomic mass is 10.3. The molecule has 17 heavy (non-hydrogen) atoms. The Hall–Kier alpha value is -2.16. The molecule has 0 unspecified atom stereocenters. The first-order valence-electron chi connectivity index (χ1n) is 5.03. The van der Waals surface area contributed by atoms with E-state index < -0.39 is 0 Å². The Morgan fingerprint density at radius 3 is 1.82 bits per heavy atom. The number of rotatable bonds is 3. The summed E-state index contributed by atoms with van der Waals surface area (Å²) in [5.41, 5.74) is 2.37. The fraction of sp³-hybridized carbons (Fsp3) is 0. The minimum atomic E-state index is 0.763. The van der Waals surface area contributed by atoms with Gasteiger partial charge < -0.3 is 0 Å². The van der Waals surface area contributed by atoms with Crippen LogP contribution in [0.25, 0.3) is 0 Å². The van der Waals surface area contributed by atoms with Crippen LogP contribution in [0.1, 0.15) is 0 Å². The van der Waals surface area contributed by atoms with E-state index in [4.69, 9.17) is 0 Å². The predicted molar refractivity (Wildman–Crippen MR) is 71.7 cm³/mol. The Kier molecular flexibility index (Phi) is 3.86. The number of hydrogen-bond acceptors (Lipinski definition) is 4. The van der Waals surface area contributed by atoms with Crippen LogP contribution in [-0.2, 0) is 0 Å². The van der Waals surface area contributed by atoms with E-state index in [1.165, 1.54) is 0 Å². The number of benzene rings is 2. The van der Waals surface area contributed by atoms with Crippen LogP contribution in [0.3, 0.4) is 0 Å². The van der Waals surface area contributed by atoms with Gasteiger partial charge >= 0.3 is 0 Å². The molecule has 0 heterocycles. The molecule has 0 spiro atoms. The van der Waals surface area contributed by atoms with Crippen molar-refractivity contribution in [1.82, 2.24) is 0 Å². The molecule has 0 aliphatic heterocycles. The van der Waals surface area contributed by atoms with Gasteiger partial charge in [-0.25, -0.2) is 0 Å². The number of aliphatic imine (C=N–C) groups is 1. The second-order valence-corrected chi connectivity index (χ2v) is 3.44. The minimum Gasteiger partial charge on any atom is -0.195 e. The number of isothiocyanates is 1. The van der Waals surface area contributed by atoms with Crippen LogP contribution < -0.4 is 0 Å². The van der Waals surface area contributed by atoms with Gasteiger partial charge in [0.05, 0.1) is 22.2 Å². The zero-order valence-electron chi connectivity index (χ0n) is 8.95. The Morgan fingerprint density at radius 1 is 0.706 bits per heavy atom. The zero-order chi connectivity index (χ0) is 11.9. The summed E-state index contributed by atoms with van der Waals surface area (Å²) in [6.45, 7) is 0. The molecule has 2 aromatic rings. The molecule has 2 aromatic carbocycles. The Bertz CT molecular complexity index is 555. The molecular weight excluding hydrogens is 230 g/mol. The molecule has 0 bridgehead atoms. The summed E-state index contributed by atoms with van der Waals surface area (Å²) in [4.78, 5) is 3.86. The topological polar surface area (TPSA) is 37.1 Å². The van der Waals surface area contributed by atoms with E-state index in [9.17, 15) is 0 Å². The van der Waals surface area contributed by atoms with Crippen LogP contribution in [0, 0.1) is 0 Å². The zero-order valence-corrected chi connectivity index (χ0v) is 9.76. The van der Waals surface area contributed by atoms with Crippen molar-refractivity contribution >= 4 is 34.4 Å². The van der Waals surface area contributed by atoms with E-state index in [2.05, 4.69) is 32.6 Å². The lowest BCUT2D eigenvalue weighted by Crippen LogP contribution is -1.65. The highest BCUT2D eigenvalue weighted by Crippen LogP contribution is 2.20. The first-order valence-corrected chi connectivity index (χ1v) is 5.44. The van der Waals surface area contributed by atoms with E-state index in [-0.39, 0.29) is 0 Å². The van der Waals surface area contributed by atoms with Gasteiger partial charge in [0, 0.05) is 0 Å². The predicted octanol–water partition coefficient (Wildman–Crippen LogP) is 4.84. The SMILES string of the molecule is S=C=Nc1ccc(/N=N/c2ccccc2)cc1. The van der Waals surface area contributed by atoms with E-state index in [0.29, 0.717) is 0 Å². The first-order chi connectivity index (χ1) is 8.38. The van der Waals surface area contributed by atoms with E-state index >= 15 is 0 Å². The third-order valence-corrected chi connectivity index (χ3v) is 2.15. The molecule has 0 N–H and O–H groups in total. The average Bonchev–Trinajstić information content (AvgIpc) is 2.40. The van der Waals surface area contributed by atoms with E-state index in [1.54, 1.807) is 0 Å². The average molecular weight is 239 g/mol. The van der Waals surface area contributed by atoms with Crippen LogP contribution >= 0.6 is 12.2 Å². The lowest BCUT2D eigenvalue weighted by Gasteiger charge is -1.93. The second kappa shape index (κ2) is 5.80. The summed E-state index contributed by atoms with van der Waals surface area (Å²) in [7, 11) is 0. The molecule has 0 fully saturated rings. The van der Waals surface area contributed by atoms with Gasteiger partial charge in [0.25, 0.3) is 0 Å². The smallest absolute Gasteiger partial charge is 0.0858 e. The maximum atomic E-state index is 4.52. The summed E-state index contributed by atoms with van der Waals surface area (Å²) in [6, 6.07) is 16.9. The van der Waals surface area contributed by atoms with Crippen LogP contribution in [0.5, 0.6) is 0 Å². The van der Waals surface area contributed by atoms with Gasteiger partial charge in [0.1, 0.15) is 0 Å². The largest absolute Gasteiger partial charge is 0.195 e. The molecule has 0 radical (unpaired) electrons. The van der Waals surface area contributed by atoms with Crippen molar-refractivity contribution in [1.29, 1.82) is 0 Å². The van der Waals surface area contributed by atoms with Crippen molar-refractivity contribution < 1.29 is 0 Å². The van der Waals surface area contributed by atoms with Gasteiger partial charge in [-0.05, 0) is 48.6 Å². The maximum absolute atomic E-state index is 4.52. The summed E-state index contributed by atoms with van der Waals surface area (Å²) >= 11 is 4.52. The molecule has 0 saturated carbocycles. The molecule has 0 aromatic heterocycles. The van der Waals surface area contributed by atoms with Gasteiger partial charge in [-0.2, -0.15) is 15.2 Å². The Balaban J connectivity index is 2.14. The van der Waals surface area contributed by atoms with Gasteiger partial charge in [-0.1, -0.05) is 18.2 Å².